The van der Waals surface area contributed by atoms with E-state index >= 15 is 0 Å². The molecule has 0 aliphatic heterocycles. The van der Waals surface area contributed by atoms with Crippen LogP contribution in [0.1, 0.15) is 27.7 Å². The molecule has 0 nitrogen and oxygen atoms in total. The second kappa shape index (κ2) is 3.71. The fourth-order valence-corrected chi connectivity index (χ4v) is 2.17. The van der Waals surface area contributed by atoms with E-state index in [0.717, 1.165) is 0 Å². The smallest absolute Gasteiger partial charge is 0.206 e. The van der Waals surface area contributed by atoms with Gasteiger partial charge in [0.2, 0.25) is 5.41 Å². The molecule has 0 heterocycles. The lowest BCUT2D eigenvalue weighted by Gasteiger charge is -2.49. The van der Waals surface area contributed by atoms with Gasteiger partial charge in [-0.1, -0.05) is 20.8 Å². The summed E-state index contributed by atoms with van der Waals surface area (Å²) in [5.41, 5.74) is -7.82. The highest BCUT2D eigenvalue weighted by atomic mass is 19.4. The topological polar surface area (TPSA) is 0 Å². The average Bonchev–Trinajstić information content (AvgIpc) is 1.67. The van der Waals surface area contributed by atoms with Crippen LogP contribution in [0.3, 0.4) is 0 Å². The van der Waals surface area contributed by atoms with E-state index in [1.54, 1.807) is 0 Å². The molecule has 0 saturated heterocycles. The molecule has 0 amide bonds. The molecular weight excluding hydrogens is 260 g/mol. The second-order valence-electron chi connectivity index (χ2n) is 4.88. The largest absolute Gasteiger partial charge is 0.409 e. The van der Waals surface area contributed by atoms with Gasteiger partial charge < -0.3 is 0 Å². The molecule has 0 radical (unpaired) electrons. The molecule has 0 aromatic rings. The average molecular weight is 272 g/mol. The molecule has 0 atom stereocenters. The van der Waals surface area contributed by atoms with E-state index in [4.69, 9.17) is 0 Å². The predicted molar refractivity (Wildman–Crippen MR) is 44.6 cm³/mol. The minimum absolute atomic E-state index is 0.362. The van der Waals surface area contributed by atoms with E-state index in [1.165, 1.54) is 0 Å². The summed E-state index contributed by atoms with van der Waals surface area (Å²) >= 11 is 0. The Labute approximate surface area is 93.0 Å². The molecule has 104 valence electrons. The first-order chi connectivity index (χ1) is 7.00. The number of hydrogen-bond acceptors (Lipinski definition) is 0. The Hall–Kier alpha value is -0.560. The third kappa shape index (κ3) is 2.22. The molecule has 0 aromatic carbocycles. The van der Waals surface area contributed by atoms with Crippen molar-refractivity contribution in [3.8, 4) is 0 Å². The quantitative estimate of drug-likeness (QED) is 0.601. The molecule has 0 spiro atoms. The van der Waals surface area contributed by atoms with Gasteiger partial charge in [0, 0.05) is 6.92 Å². The van der Waals surface area contributed by atoms with Crippen LogP contribution in [0.5, 0.6) is 0 Å². The van der Waals surface area contributed by atoms with Gasteiger partial charge in [-0.05, 0) is 5.41 Å². The Balaban J connectivity index is 6.37. The maximum absolute atomic E-state index is 13.1. The van der Waals surface area contributed by atoms with Crippen molar-refractivity contribution in [2.75, 3.05) is 0 Å². The summed E-state index contributed by atoms with van der Waals surface area (Å²) in [5.74, 6) is -4.98. The number of hydrogen-bond donors (Lipinski definition) is 0. The summed E-state index contributed by atoms with van der Waals surface area (Å²) in [6, 6.07) is 0. The highest BCUT2D eigenvalue weighted by Gasteiger charge is 2.84. The maximum Gasteiger partial charge on any atom is 0.409 e. The lowest BCUT2D eigenvalue weighted by Crippen LogP contribution is -2.66. The Morgan fingerprint density at radius 3 is 0.765 bits per heavy atom. The number of rotatable bonds is 1. The standard InChI is InChI=1S/C9H12F8/c1-5(2,3)7(6(4,10)11,8(12,13)14)9(15,16)17/h1-4H3. The SMILES string of the molecule is CC(C)(C)C(C(C)(F)F)(C(F)(F)F)C(F)(F)F. The predicted octanol–water partition coefficient (Wildman–Crippen LogP) is 4.80. The minimum Gasteiger partial charge on any atom is -0.206 e. The molecular formula is C9H12F8. The van der Waals surface area contributed by atoms with Crippen molar-refractivity contribution < 1.29 is 35.1 Å². The molecule has 0 fully saturated rings. The maximum atomic E-state index is 13.1. The zero-order valence-corrected chi connectivity index (χ0v) is 9.52. The van der Waals surface area contributed by atoms with Gasteiger partial charge in [-0.3, -0.25) is 0 Å². The summed E-state index contributed by atoms with van der Waals surface area (Å²) in [5, 5.41) is 0. The van der Waals surface area contributed by atoms with Gasteiger partial charge in [0.25, 0.3) is 5.92 Å². The van der Waals surface area contributed by atoms with Crippen molar-refractivity contribution in [1.82, 2.24) is 0 Å². The highest BCUT2D eigenvalue weighted by molar-refractivity contribution is 5.08. The highest BCUT2D eigenvalue weighted by Crippen LogP contribution is 2.66. The zero-order chi connectivity index (χ0) is 14.5. The van der Waals surface area contributed by atoms with Crippen molar-refractivity contribution in [3.63, 3.8) is 0 Å². The third-order valence-electron chi connectivity index (χ3n) is 2.63. The van der Waals surface area contributed by atoms with Crippen molar-refractivity contribution in [1.29, 1.82) is 0 Å². The fraction of sp³-hybridized carbons (Fsp3) is 1.00. The van der Waals surface area contributed by atoms with Crippen molar-refractivity contribution in [2.24, 2.45) is 10.8 Å². The van der Waals surface area contributed by atoms with Gasteiger partial charge in [-0.15, -0.1) is 0 Å². The van der Waals surface area contributed by atoms with Crippen LogP contribution in [0, 0.1) is 10.8 Å². The van der Waals surface area contributed by atoms with Crippen LogP contribution in [-0.2, 0) is 0 Å². The van der Waals surface area contributed by atoms with Crippen LogP contribution in [0.25, 0.3) is 0 Å². The van der Waals surface area contributed by atoms with Gasteiger partial charge in [0.15, 0.2) is 0 Å². The summed E-state index contributed by atoms with van der Waals surface area (Å²) in [7, 11) is 0. The second-order valence-corrected chi connectivity index (χ2v) is 4.88. The van der Waals surface area contributed by atoms with Crippen LogP contribution >= 0.6 is 0 Å². The molecule has 0 bridgehead atoms. The van der Waals surface area contributed by atoms with Crippen LogP contribution in [0.4, 0.5) is 35.1 Å². The molecule has 0 saturated carbocycles. The zero-order valence-electron chi connectivity index (χ0n) is 9.52. The first-order valence-electron chi connectivity index (χ1n) is 4.51. The van der Waals surface area contributed by atoms with Gasteiger partial charge >= 0.3 is 12.4 Å². The Morgan fingerprint density at radius 1 is 0.529 bits per heavy atom. The fourth-order valence-electron chi connectivity index (χ4n) is 2.17. The van der Waals surface area contributed by atoms with E-state index < -0.39 is 29.1 Å². The van der Waals surface area contributed by atoms with E-state index in [9.17, 15) is 35.1 Å². The van der Waals surface area contributed by atoms with E-state index in [-0.39, 0.29) is 6.92 Å². The lowest BCUT2D eigenvalue weighted by atomic mass is 9.61. The molecule has 0 aromatic heterocycles. The molecule has 0 N–H and O–H groups in total. The molecule has 8 heteroatoms. The summed E-state index contributed by atoms with van der Waals surface area (Å²) in [6.07, 6.45) is -12.2. The summed E-state index contributed by atoms with van der Waals surface area (Å²) in [4.78, 5) is 0. The molecule has 17 heavy (non-hydrogen) atoms. The lowest BCUT2D eigenvalue weighted by molar-refractivity contribution is -0.425. The van der Waals surface area contributed by atoms with Gasteiger partial charge in [-0.25, -0.2) is 8.78 Å². The van der Waals surface area contributed by atoms with Gasteiger partial charge in [-0.2, -0.15) is 26.3 Å². The Kier molecular flexibility index (Phi) is 3.59. The van der Waals surface area contributed by atoms with E-state index in [0.29, 0.717) is 20.8 Å². The van der Waals surface area contributed by atoms with E-state index in [2.05, 4.69) is 0 Å². The minimum atomic E-state index is -6.11. The molecule has 0 aliphatic rings. The first-order valence-corrected chi connectivity index (χ1v) is 4.51. The normalized spacial score (nSPS) is 16.2. The van der Waals surface area contributed by atoms with Crippen LogP contribution in [-0.4, -0.2) is 18.3 Å². The van der Waals surface area contributed by atoms with E-state index in [1.807, 2.05) is 0 Å². The van der Waals surface area contributed by atoms with Gasteiger partial charge in [0.1, 0.15) is 0 Å². The van der Waals surface area contributed by atoms with Crippen LogP contribution in [0.2, 0.25) is 0 Å². The monoisotopic (exact) mass is 272 g/mol. The molecule has 0 aliphatic carbocycles. The molecule has 0 rings (SSSR count). The number of alkyl halides is 8. The Bertz CT molecular complexity index is 210. The van der Waals surface area contributed by atoms with Gasteiger partial charge in [0.05, 0.1) is 0 Å². The van der Waals surface area contributed by atoms with Crippen LogP contribution in [0.15, 0.2) is 0 Å². The number of halogens is 8. The van der Waals surface area contributed by atoms with Crippen LogP contribution < -0.4 is 0 Å². The third-order valence-corrected chi connectivity index (χ3v) is 2.63. The van der Waals surface area contributed by atoms with Crippen molar-refractivity contribution >= 4 is 0 Å². The summed E-state index contributed by atoms with van der Waals surface area (Å²) in [6.45, 7) is 1.11. The summed E-state index contributed by atoms with van der Waals surface area (Å²) < 4.78 is 102. The molecule has 0 unspecified atom stereocenters. The Morgan fingerprint density at radius 2 is 0.765 bits per heavy atom. The van der Waals surface area contributed by atoms with Crippen molar-refractivity contribution in [2.45, 2.75) is 46.0 Å². The first kappa shape index (κ1) is 16.4. The van der Waals surface area contributed by atoms with Crippen molar-refractivity contribution in [3.05, 3.63) is 0 Å².